The summed E-state index contributed by atoms with van der Waals surface area (Å²) in [5.41, 5.74) is 0.211. The highest BCUT2D eigenvalue weighted by molar-refractivity contribution is 7.94. The first kappa shape index (κ1) is 24.9. The number of amides is 2. The number of hydrogen-bond acceptors (Lipinski definition) is 7. The van der Waals surface area contributed by atoms with E-state index in [2.05, 4.69) is 20.6 Å². The van der Waals surface area contributed by atoms with Crippen LogP contribution in [-0.2, 0) is 15.4 Å². The van der Waals surface area contributed by atoms with Crippen LogP contribution in [0.5, 0.6) is 5.75 Å². The van der Waals surface area contributed by atoms with Crippen molar-refractivity contribution >= 4 is 45.0 Å². The molecular formula is C23H25ClN4O6S. The molecule has 2 aliphatic rings. The number of halogens is 1. The molecule has 0 aliphatic carbocycles. The molecule has 0 spiro atoms. The van der Waals surface area contributed by atoms with Crippen molar-refractivity contribution in [1.82, 2.24) is 10.3 Å². The number of carbonyl (C=O) groups is 2. The van der Waals surface area contributed by atoms with Crippen LogP contribution < -0.4 is 15.4 Å². The molecule has 0 radical (unpaired) electrons. The second-order valence-electron chi connectivity index (χ2n) is 9.20. The smallest absolute Gasteiger partial charge is 0.410 e. The molecule has 0 bridgehead atoms. The summed E-state index contributed by atoms with van der Waals surface area (Å²) in [6.45, 7) is 6.35. The number of nitrogens with zero attached hydrogens (tertiary/aromatic N) is 2. The number of rotatable bonds is 2. The number of ether oxygens (including phenoxy) is 1. The number of aromatic nitrogens is 1. The number of aryl methyl sites for hydroxylation is 1. The molecule has 35 heavy (non-hydrogen) atoms. The minimum atomic E-state index is -3.92. The molecule has 1 aromatic heterocycles. The topological polar surface area (TPSA) is 147 Å². The average molecular weight is 521 g/mol. The van der Waals surface area contributed by atoms with Crippen LogP contribution in [0, 0.1) is 6.92 Å². The standard InChI is InChI=1S/C23H25ClN4O6S/c1-12-9-13(24)11-25-18(12)19(29)26-14-5-6-16-15(10-14)23(4)17(7-8-34-16)35(32,33)22(2,3)20(28-23)27-21(30)31/h5-6,9-11,17H,7-8H2,1-4H3,(H,26,29)(H,27,28)(H,30,31)/t17-,23+/m0/s1. The number of carbonyl (C=O) groups excluding carboxylic acids is 1. The van der Waals surface area contributed by atoms with Gasteiger partial charge in [0.15, 0.2) is 9.84 Å². The summed E-state index contributed by atoms with van der Waals surface area (Å²) in [5.74, 6) is -0.237. The van der Waals surface area contributed by atoms with E-state index in [9.17, 15) is 23.1 Å². The Morgan fingerprint density at radius 1 is 1.20 bits per heavy atom. The highest BCUT2D eigenvalue weighted by atomic mass is 35.5. The summed E-state index contributed by atoms with van der Waals surface area (Å²) < 4.78 is 31.7. The lowest BCUT2D eigenvalue weighted by molar-refractivity contribution is 0.102. The molecule has 186 valence electrons. The van der Waals surface area contributed by atoms with Crippen LogP contribution in [0.15, 0.2) is 35.5 Å². The maximum atomic E-state index is 13.7. The van der Waals surface area contributed by atoms with Gasteiger partial charge >= 0.3 is 6.09 Å². The summed E-state index contributed by atoms with van der Waals surface area (Å²) in [6, 6.07) is 6.49. The Balaban J connectivity index is 1.82. The molecule has 0 saturated heterocycles. The van der Waals surface area contributed by atoms with Crippen LogP contribution in [0.2, 0.25) is 5.02 Å². The van der Waals surface area contributed by atoms with Gasteiger partial charge in [0.1, 0.15) is 27.6 Å². The van der Waals surface area contributed by atoms with E-state index in [-0.39, 0.29) is 24.6 Å². The summed E-state index contributed by atoms with van der Waals surface area (Å²) in [4.78, 5) is 33.0. The second-order valence-corrected chi connectivity index (χ2v) is 12.3. The van der Waals surface area contributed by atoms with Crippen molar-refractivity contribution in [3.05, 3.63) is 52.3 Å². The molecule has 2 aromatic rings. The van der Waals surface area contributed by atoms with E-state index in [1.165, 1.54) is 20.0 Å². The monoisotopic (exact) mass is 520 g/mol. The minimum Gasteiger partial charge on any atom is -0.493 e. The Bertz CT molecular complexity index is 1370. The second kappa shape index (κ2) is 8.49. The molecule has 2 atom stereocenters. The summed E-state index contributed by atoms with van der Waals surface area (Å²) in [5, 5.41) is 13.7. The number of fused-ring (bicyclic) bond motifs is 3. The van der Waals surface area contributed by atoms with Gasteiger partial charge in [0.05, 0.1) is 16.9 Å². The minimum absolute atomic E-state index is 0.138. The number of benzene rings is 1. The molecule has 3 N–H and O–H groups in total. The lowest BCUT2D eigenvalue weighted by atomic mass is 9.86. The third-order valence-electron chi connectivity index (χ3n) is 6.53. The van der Waals surface area contributed by atoms with E-state index in [4.69, 9.17) is 16.3 Å². The van der Waals surface area contributed by atoms with Gasteiger partial charge in [-0.2, -0.15) is 0 Å². The van der Waals surface area contributed by atoms with Gasteiger partial charge in [0.25, 0.3) is 5.91 Å². The molecule has 10 nitrogen and oxygen atoms in total. The zero-order chi connectivity index (χ0) is 25.8. The van der Waals surface area contributed by atoms with Crippen LogP contribution >= 0.6 is 11.6 Å². The van der Waals surface area contributed by atoms with Gasteiger partial charge in [0.2, 0.25) is 0 Å². The van der Waals surface area contributed by atoms with Gasteiger partial charge in [-0.25, -0.2) is 18.2 Å². The largest absolute Gasteiger partial charge is 0.493 e. The lowest BCUT2D eigenvalue weighted by Crippen LogP contribution is -2.61. The van der Waals surface area contributed by atoms with Crippen molar-refractivity contribution < 1.29 is 27.9 Å². The number of aliphatic imine (C=N–C) groups is 1. The molecule has 1 aromatic carbocycles. The Kier molecular flexibility index (Phi) is 6.05. The Hall–Kier alpha value is -3.18. The summed E-state index contributed by atoms with van der Waals surface area (Å²) >= 11 is 5.93. The quantitative estimate of drug-likeness (QED) is 0.548. The summed E-state index contributed by atoms with van der Waals surface area (Å²) in [6.07, 6.45) is 0.127. The zero-order valence-electron chi connectivity index (χ0n) is 19.5. The maximum absolute atomic E-state index is 13.7. The van der Waals surface area contributed by atoms with E-state index in [0.29, 0.717) is 27.6 Å². The third kappa shape index (κ3) is 4.12. The first-order valence-corrected chi connectivity index (χ1v) is 12.7. The predicted molar refractivity (Wildman–Crippen MR) is 131 cm³/mol. The van der Waals surface area contributed by atoms with Crippen molar-refractivity contribution in [2.75, 3.05) is 11.9 Å². The molecule has 4 rings (SSSR count). The molecule has 3 heterocycles. The molecule has 0 unspecified atom stereocenters. The van der Waals surface area contributed by atoms with E-state index in [1.54, 1.807) is 38.1 Å². The molecular weight excluding hydrogens is 496 g/mol. The highest BCUT2D eigenvalue weighted by Gasteiger charge is 2.58. The Morgan fingerprint density at radius 2 is 1.91 bits per heavy atom. The molecule has 2 amide bonds. The van der Waals surface area contributed by atoms with Crippen LogP contribution in [0.25, 0.3) is 0 Å². The van der Waals surface area contributed by atoms with E-state index in [1.807, 2.05) is 0 Å². The fourth-order valence-corrected chi connectivity index (χ4v) is 7.03. The van der Waals surface area contributed by atoms with Crippen molar-refractivity contribution in [3.63, 3.8) is 0 Å². The van der Waals surface area contributed by atoms with Crippen molar-refractivity contribution in [3.8, 4) is 5.75 Å². The maximum Gasteiger partial charge on any atom is 0.410 e. The van der Waals surface area contributed by atoms with Crippen molar-refractivity contribution in [1.29, 1.82) is 0 Å². The van der Waals surface area contributed by atoms with Crippen LogP contribution in [0.1, 0.15) is 48.8 Å². The fraction of sp³-hybridized carbons (Fsp3) is 0.391. The van der Waals surface area contributed by atoms with Gasteiger partial charge in [-0.3, -0.25) is 15.1 Å². The van der Waals surface area contributed by atoms with Crippen molar-refractivity contribution in [2.45, 2.75) is 49.7 Å². The van der Waals surface area contributed by atoms with Crippen molar-refractivity contribution in [2.24, 2.45) is 4.99 Å². The Morgan fingerprint density at radius 3 is 2.57 bits per heavy atom. The van der Waals surface area contributed by atoms with E-state index in [0.717, 1.165) is 0 Å². The van der Waals surface area contributed by atoms with Gasteiger partial charge in [-0.15, -0.1) is 0 Å². The summed E-state index contributed by atoms with van der Waals surface area (Å²) in [7, 11) is -3.92. The van der Waals surface area contributed by atoms with Gasteiger partial charge < -0.3 is 15.2 Å². The van der Waals surface area contributed by atoms with Gasteiger partial charge in [0, 0.05) is 23.9 Å². The van der Waals surface area contributed by atoms with Gasteiger partial charge in [-0.05, 0) is 57.5 Å². The molecule has 0 fully saturated rings. The first-order chi connectivity index (χ1) is 16.3. The zero-order valence-corrected chi connectivity index (χ0v) is 21.1. The number of anilines is 1. The lowest BCUT2D eigenvalue weighted by Gasteiger charge is -2.44. The normalized spacial score (nSPS) is 24.0. The van der Waals surface area contributed by atoms with E-state index >= 15 is 0 Å². The van der Waals surface area contributed by atoms with Crippen LogP contribution in [0.4, 0.5) is 10.5 Å². The predicted octanol–water partition coefficient (Wildman–Crippen LogP) is 3.54. The third-order valence-corrected chi connectivity index (χ3v) is 9.80. The molecule has 2 aliphatic heterocycles. The molecule has 0 saturated carbocycles. The highest BCUT2D eigenvalue weighted by Crippen LogP contribution is 2.48. The fourth-order valence-electron chi connectivity index (χ4n) is 4.55. The molecule has 12 heteroatoms. The number of hydrogen-bond donors (Lipinski definition) is 3. The number of amidine groups is 1. The van der Waals surface area contributed by atoms with Gasteiger partial charge in [-0.1, -0.05) is 11.6 Å². The number of pyridine rings is 1. The number of nitrogens with one attached hydrogen (secondary N) is 2. The first-order valence-electron chi connectivity index (χ1n) is 10.8. The number of sulfone groups is 1. The van der Waals surface area contributed by atoms with E-state index < -0.39 is 37.4 Å². The number of carboxylic acid groups (broad SMARTS) is 1. The Labute approximate surface area is 207 Å². The van der Waals surface area contributed by atoms with Crippen LogP contribution in [-0.4, -0.2) is 52.9 Å². The van der Waals surface area contributed by atoms with Crippen LogP contribution in [0.3, 0.4) is 0 Å². The average Bonchev–Trinajstić information content (AvgIpc) is 2.89. The SMILES string of the molecule is Cc1cc(Cl)cnc1C(=O)Nc1ccc2c(c1)[C@@]1(C)N=C(NC(=O)O)C(C)(C)S(=O)(=O)[C@H]1CCO2.